The van der Waals surface area contributed by atoms with Gasteiger partial charge in [0.2, 0.25) is 12.7 Å². The summed E-state index contributed by atoms with van der Waals surface area (Å²) in [5, 5.41) is 0. The molecule has 1 unspecified atom stereocenters. The molecule has 0 saturated heterocycles. The van der Waals surface area contributed by atoms with Crippen LogP contribution < -0.4 is 19.1 Å². The SMILES string of the molecule is CCCCCN1C(=O)C2(COc3cc4c(cc32)OCO4)c2c(-c3cncnc3)cccc21. The molecular weight excluding hydrogens is 406 g/mol. The summed E-state index contributed by atoms with van der Waals surface area (Å²) in [5.41, 5.74) is 3.60. The van der Waals surface area contributed by atoms with Gasteiger partial charge in [-0.3, -0.25) is 4.79 Å². The fourth-order valence-corrected chi connectivity index (χ4v) is 5.10. The summed E-state index contributed by atoms with van der Waals surface area (Å²) in [6.45, 7) is 3.26. The second-order valence-corrected chi connectivity index (χ2v) is 8.39. The maximum atomic E-state index is 14.2. The Kier molecular flexibility index (Phi) is 4.31. The second kappa shape index (κ2) is 7.22. The number of carbonyl (C=O) groups is 1. The van der Waals surface area contributed by atoms with Crippen molar-refractivity contribution in [3.63, 3.8) is 0 Å². The lowest BCUT2D eigenvalue weighted by Crippen LogP contribution is -2.43. The number of unbranched alkanes of at least 4 members (excludes halogenated alkanes) is 2. The van der Waals surface area contributed by atoms with Crippen LogP contribution in [-0.4, -0.2) is 35.8 Å². The Morgan fingerprint density at radius 1 is 1.03 bits per heavy atom. The molecule has 1 atom stereocenters. The Morgan fingerprint density at radius 2 is 1.84 bits per heavy atom. The molecule has 0 bridgehead atoms. The Morgan fingerprint density at radius 3 is 2.66 bits per heavy atom. The zero-order chi connectivity index (χ0) is 21.7. The molecule has 0 N–H and O–H groups in total. The van der Waals surface area contributed by atoms with E-state index >= 15 is 0 Å². The monoisotopic (exact) mass is 429 g/mol. The fourth-order valence-electron chi connectivity index (χ4n) is 5.10. The number of nitrogens with zero attached hydrogens (tertiary/aromatic N) is 3. The predicted octanol–water partition coefficient (Wildman–Crippen LogP) is 4.09. The summed E-state index contributed by atoms with van der Waals surface area (Å²) in [5.74, 6) is 2.01. The van der Waals surface area contributed by atoms with Crippen molar-refractivity contribution in [1.29, 1.82) is 0 Å². The van der Waals surface area contributed by atoms with Crippen molar-refractivity contribution in [2.45, 2.75) is 31.6 Å². The van der Waals surface area contributed by atoms with E-state index in [1.165, 1.54) is 6.33 Å². The molecule has 4 heterocycles. The Balaban J connectivity index is 1.58. The van der Waals surface area contributed by atoms with Crippen LogP contribution in [0.2, 0.25) is 0 Å². The molecule has 0 saturated carbocycles. The van der Waals surface area contributed by atoms with Crippen LogP contribution in [0.25, 0.3) is 11.1 Å². The summed E-state index contributed by atoms with van der Waals surface area (Å²) in [6.07, 6.45) is 8.21. The highest BCUT2D eigenvalue weighted by molar-refractivity contribution is 6.13. The predicted molar refractivity (Wildman–Crippen MR) is 118 cm³/mol. The summed E-state index contributed by atoms with van der Waals surface area (Å²) in [6, 6.07) is 9.82. The smallest absolute Gasteiger partial charge is 0.245 e. The van der Waals surface area contributed by atoms with Gasteiger partial charge in [0.1, 0.15) is 24.1 Å². The van der Waals surface area contributed by atoms with E-state index in [0.29, 0.717) is 23.8 Å². The van der Waals surface area contributed by atoms with Crippen LogP contribution in [0.15, 0.2) is 49.1 Å². The summed E-state index contributed by atoms with van der Waals surface area (Å²) in [4.78, 5) is 24.5. The first-order valence-corrected chi connectivity index (χ1v) is 11.0. The molecule has 3 aliphatic rings. The molecule has 32 heavy (non-hydrogen) atoms. The third-order valence-electron chi connectivity index (χ3n) is 6.61. The van der Waals surface area contributed by atoms with Crippen molar-refractivity contribution in [3.8, 4) is 28.4 Å². The van der Waals surface area contributed by atoms with Crippen LogP contribution in [-0.2, 0) is 10.2 Å². The molecule has 1 amide bonds. The van der Waals surface area contributed by atoms with Gasteiger partial charge in [-0.25, -0.2) is 9.97 Å². The van der Waals surface area contributed by atoms with Gasteiger partial charge >= 0.3 is 0 Å². The van der Waals surface area contributed by atoms with E-state index in [2.05, 4.69) is 16.9 Å². The molecule has 1 spiro atoms. The molecule has 7 heteroatoms. The Bertz CT molecular complexity index is 1210. The molecule has 6 rings (SSSR count). The Labute approximate surface area is 186 Å². The van der Waals surface area contributed by atoms with E-state index in [9.17, 15) is 4.79 Å². The van der Waals surface area contributed by atoms with Crippen LogP contribution >= 0.6 is 0 Å². The maximum absolute atomic E-state index is 14.2. The third kappa shape index (κ3) is 2.57. The van der Waals surface area contributed by atoms with E-state index in [-0.39, 0.29) is 19.3 Å². The summed E-state index contributed by atoms with van der Waals surface area (Å²) in [7, 11) is 0. The topological polar surface area (TPSA) is 73.8 Å². The van der Waals surface area contributed by atoms with Gasteiger partial charge < -0.3 is 19.1 Å². The number of amides is 1. The lowest BCUT2D eigenvalue weighted by molar-refractivity contribution is -0.122. The molecule has 7 nitrogen and oxygen atoms in total. The molecule has 162 valence electrons. The number of rotatable bonds is 5. The lowest BCUT2D eigenvalue weighted by Gasteiger charge is -2.24. The van der Waals surface area contributed by atoms with Crippen molar-refractivity contribution < 1.29 is 19.0 Å². The standard InChI is InChI=1S/C25H23N3O4/c1-2-3-4-8-28-19-7-5-6-17(16-11-26-14-27-12-16)23(19)25(24(28)29)13-30-20-10-22-21(9-18(20)25)31-15-32-22/h5-7,9-12,14H,2-4,8,13,15H2,1H3. The van der Waals surface area contributed by atoms with E-state index in [1.54, 1.807) is 12.4 Å². The van der Waals surface area contributed by atoms with Gasteiger partial charge in [-0.1, -0.05) is 31.9 Å². The normalized spacial score (nSPS) is 19.9. The van der Waals surface area contributed by atoms with E-state index in [0.717, 1.165) is 47.2 Å². The van der Waals surface area contributed by atoms with Crippen LogP contribution in [0.1, 0.15) is 37.3 Å². The number of carbonyl (C=O) groups excluding carboxylic acids is 1. The minimum atomic E-state index is -0.940. The minimum Gasteiger partial charge on any atom is -0.491 e. The van der Waals surface area contributed by atoms with E-state index in [4.69, 9.17) is 14.2 Å². The number of hydrogen-bond donors (Lipinski definition) is 0. The number of benzene rings is 2. The van der Waals surface area contributed by atoms with Crippen LogP contribution in [0.3, 0.4) is 0 Å². The third-order valence-corrected chi connectivity index (χ3v) is 6.61. The van der Waals surface area contributed by atoms with Crippen molar-refractivity contribution in [3.05, 3.63) is 60.2 Å². The molecule has 3 aromatic rings. The summed E-state index contributed by atoms with van der Waals surface area (Å²) >= 11 is 0. The van der Waals surface area contributed by atoms with E-state index < -0.39 is 5.41 Å². The molecule has 2 aromatic carbocycles. The van der Waals surface area contributed by atoms with Crippen molar-refractivity contribution in [2.75, 3.05) is 24.8 Å². The van der Waals surface area contributed by atoms with Crippen LogP contribution in [0, 0.1) is 0 Å². The van der Waals surface area contributed by atoms with Crippen LogP contribution in [0.5, 0.6) is 17.2 Å². The number of ether oxygens (including phenoxy) is 3. The summed E-state index contributed by atoms with van der Waals surface area (Å²) < 4.78 is 17.3. The molecule has 0 fully saturated rings. The zero-order valence-electron chi connectivity index (χ0n) is 17.8. The highest BCUT2D eigenvalue weighted by atomic mass is 16.7. The van der Waals surface area contributed by atoms with Gasteiger partial charge in [0.15, 0.2) is 11.5 Å². The zero-order valence-corrected chi connectivity index (χ0v) is 17.8. The van der Waals surface area contributed by atoms with Gasteiger partial charge in [-0.2, -0.15) is 0 Å². The van der Waals surface area contributed by atoms with Gasteiger partial charge in [0.25, 0.3) is 0 Å². The molecule has 1 aromatic heterocycles. The molecular formula is C25H23N3O4. The first-order chi connectivity index (χ1) is 15.7. The second-order valence-electron chi connectivity index (χ2n) is 8.39. The average molecular weight is 429 g/mol. The number of aromatic nitrogens is 2. The van der Waals surface area contributed by atoms with Crippen molar-refractivity contribution in [2.24, 2.45) is 0 Å². The van der Waals surface area contributed by atoms with Crippen molar-refractivity contribution >= 4 is 11.6 Å². The molecule has 3 aliphatic heterocycles. The molecule has 0 aliphatic carbocycles. The molecule has 0 radical (unpaired) electrons. The largest absolute Gasteiger partial charge is 0.491 e. The fraction of sp³-hybridized carbons (Fsp3) is 0.320. The first-order valence-electron chi connectivity index (χ1n) is 11.0. The quantitative estimate of drug-likeness (QED) is 0.569. The number of anilines is 1. The van der Waals surface area contributed by atoms with Gasteiger partial charge in [0, 0.05) is 47.4 Å². The average Bonchev–Trinajstić information content (AvgIpc) is 3.50. The lowest BCUT2D eigenvalue weighted by atomic mass is 9.74. The van der Waals surface area contributed by atoms with Crippen molar-refractivity contribution in [1.82, 2.24) is 9.97 Å². The van der Waals surface area contributed by atoms with Crippen LogP contribution in [0.4, 0.5) is 5.69 Å². The highest BCUT2D eigenvalue weighted by Crippen LogP contribution is 2.57. The first kappa shape index (κ1) is 19.1. The number of fused-ring (bicyclic) bond motifs is 5. The van der Waals surface area contributed by atoms with E-state index in [1.807, 2.05) is 35.2 Å². The maximum Gasteiger partial charge on any atom is 0.245 e. The minimum absolute atomic E-state index is 0.0468. The Hall–Kier alpha value is -3.61. The van der Waals surface area contributed by atoms with Gasteiger partial charge in [-0.15, -0.1) is 0 Å². The number of hydrogen-bond acceptors (Lipinski definition) is 6. The van der Waals surface area contributed by atoms with Gasteiger partial charge in [0.05, 0.1) is 0 Å². The highest BCUT2D eigenvalue weighted by Gasteiger charge is 2.58. The van der Waals surface area contributed by atoms with Gasteiger partial charge in [-0.05, 0) is 24.1 Å².